The molecule has 42 heavy (non-hydrogen) atoms. The van der Waals surface area contributed by atoms with Crippen molar-refractivity contribution in [1.82, 2.24) is 5.32 Å². The number of benzene rings is 2. The van der Waals surface area contributed by atoms with Crippen molar-refractivity contribution in [3.63, 3.8) is 0 Å². The van der Waals surface area contributed by atoms with Gasteiger partial charge in [0.25, 0.3) is 0 Å². The average molecular weight is 585 g/mol. The summed E-state index contributed by atoms with van der Waals surface area (Å²) in [5.74, 6) is 1.31. The highest BCUT2D eigenvalue weighted by atomic mass is 16.6. The molecule has 10 heteroatoms. The summed E-state index contributed by atoms with van der Waals surface area (Å²) >= 11 is 0. The summed E-state index contributed by atoms with van der Waals surface area (Å²) in [6.07, 6.45) is 0.667. The monoisotopic (exact) mass is 584 g/mol. The highest BCUT2D eigenvalue weighted by Crippen LogP contribution is 2.61. The van der Waals surface area contributed by atoms with Crippen LogP contribution >= 0.6 is 0 Å². The lowest BCUT2D eigenvalue weighted by atomic mass is 9.46. The molecule has 2 aliphatic carbocycles. The number of aliphatic hydroxyl groups excluding tert-OH is 2. The fourth-order valence-corrected chi connectivity index (χ4v) is 7.15. The molecule has 0 bridgehead atoms. The van der Waals surface area contributed by atoms with E-state index in [1.165, 1.54) is 14.2 Å². The molecule has 2 aliphatic rings. The molecule has 2 fully saturated rings. The Morgan fingerprint density at radius 2 is 1.57 bits per heavy atom. The van der Waals surface area contributed by atoms with Gasteiger partial charge in [-0.2, -0.15) is 0 Å². The predicted molar refractivity (Wildman–Crippen MR) is 158 cm³/mol. The van der Waals surface area contributed by atoms with E-state index in [-0.39, 0.29) is 30.8 Å². The maximum atomic E-state index is 13.1. The van der Waals surface area contributed by atoms with E-state index in [2.05, 4.69) is 17.6 Å². The van der Waals surface area contributed by atoms with Crippen LogP contribution in [0.5, 0.6) is 17.2 Å². The standard InChI is InChI=1S/C32H44N2O8/c1-31-13-12-28(42-30(38)34-21-14-23(40-4)16-24(15-21)41-5)32(2,19-35)27(31)11-10-26(36)25(31)17-29(37)33-18-20-6-8-22(39-3)9-7-20/h6-9,14-16,25-28,35-36H,10-13,17-19H2,1-5H3,(H,33,37)(H,34,38). The molecule has 0 saturated heterocycles. The van der Waals surface area contributed by atoms with Crippen molar-refractivity contribution >= 4 is 17.7 Å². The van der Waals surface area contributed by atoms with Gasteiger partial charge in [-0.3, -0.25) is 10.1 Å². The van der Waals surface area contributed by atoms with Crippen molar-refractivity contribution in [2.45, 2.75) is 64.7 Å². The number of hydrogen-bond acceptors (Lipinski definition) is 8. The first-order chi connectivity index (χ1) is 20.1. The van der Waals surface area contributed by atoms with Crippen molar-refractivity contribution < 1.29 is 38.7 Å². The lowest BCUT2D eigenvalue weighted by Gasteiger charge is -2.60. The first-order valence-corrected chi connectivity index (χ1v) is 14.5. The van der Waals surface area contributed by atoms with Gasteiger partial charge >= 0.3 is 6.09 Å². The predicted octanol–water partition coefficient (Wildman–Crippen LogP) is 4.52. The van der Waals surface area contributed by atoms with E-state index in [4.69, 9.17) is 18.9 Å². The molecule has 2 saturated carbocycles. The Bertz CT molecular complexity index is 1220. The second-order valence-corrected chi connectivity index (χ2v) is 12.0. The fraction of sp³-hybridized carbons (Fsp3) is 0.562. The van der Waals surface area contributed by atoms with Crippen LogP contribution in [0.2, 0.25) is 0 Å². The maximum Gasteiger partial charge on any atom is 0.411 e. The number of carbonyl (C=O) groups excluding carboxylic acids is 2. The van der Waals surface area contributed by atoms with E-state index in [0.29, 0.717) is 49.4 Å². The molecule has 10 nitrogen and oxygen atoms in total. The minimum Gasteiger partial charge on any atom is -0.497 e. The molecule has 0 heterocycles. The highest BCUT2D eigenvalue weighted by Gasteiger charge is 2.60. The Balaban J connectivity index is 1.44. The lowest BCUT2D eigenvalue weighted by molar-refractivity contribution is -0.185. The van der Waals surface area contributed by atoms with Crippen LogP contribution in [0.3, 0.4) is 0 Å². The van der Waals surface area contributed by atoms with Crippen LogP contribution in [0.15, 0.2) is 42.5 Å². The third kappa shape index (κ3) is 6.60. The number of carbonyl (C=O) groups is 2. The Morgan fingerprint density at radius 1 is 0.929 bits per heavy atom. The Morgan fingerprint density at radius 3 is 2.17 bits per heavy atom. The smallest absolute Gasteiger partial charge is 0.411 e. The number of ether oxygens (including phenoxy) is 4. The van der Waals surface area contributed by atoms with Crippen LogP contribution < -0.4 is 24.8 Å². The molecule has 4 N–H and O–H groups in total. The zero-order chi connectivity index (χ0) is 30.5. The third-order valence-corrected chi connectivity index (χ3v) is 9.58. The van der Waals surface area contributed by atoms with Crippen LogP contribution in [-0.4, -0.2) is 62.4 Å². The zero-order valence-electron chi connectivity index (χ0n) is 25.1. The molecule has 0 aliphatic heterocycles. The van der Waals surface area contributed by atoms with E-state index in [0.717, 1.165) is 11.3 Å². The minimum atomic E-state index is -0.756. The van der Waals surface area contributed by atoms with Crippen molar-refractivity contribution in [1.29, 1.82) is 0 Å². The number of fused-ring (bicyclic) bond motifs is 1. The fourth-order valence-electron chi connectivity index (χ4n) is 7.15. The number of amides is 2. The Labute approximate surface area is 247 Å². The van der Waals surface area contributed by atoms with Gasteiger partial charge < -0.3 is 34.5 Å². The minimum absolute atomic E-state index is 0.0683. The number of methoxy groups -OCH3 is 3. The van der Waals surface area contributed by atoms with Crippen LogP contribution in [-0.2, 0) is 16.1 Å². The topological polar surface area (TPSA) is 136 Å². The van der Waals surface area contributed by atoms with E-state index in [1.807, 2.05) is 31.2 Å². The summed E-state index contributed by atoms with van der Waals surface area (Å²) in [6.45, 7) is 4.24. The molecule has 6 atom stereocenters. The molecule has 2 amide bonds. The van der Waals surface area contributed by atoms with Crippen LogP contribution in [0, 0.1) is 22.7 Å². The summed E-state index contributed by atoms with van der Waals surface area (Å²) in [5, 5.41) is 27.5. The number of aliphatic hydroxyl groups is 2. The summed E-state index contributed by atoms with van der Waals surface area (Å²) in [7, 11) is 4.67. The van der Waals surface area contributed by atoms with Gasteiger partial charge in [-0.25, -0.2) is 4.79 Å². The molecule has 230 valence electrons. The highest BCUT2D eigenvalue weighted by molar-refractivity contribution is 5.85. The lowest BCUT2D eigenvalue weighted by Crippen LogP contribution is -2.61. The van der Waals surface area contributed by atoms with Gasteiger partial charge in [0.15, 0.2) is 0 Å². The van der Waals surface area contributed by atoms with Crippen molar-refractivity contribution in [2.24, 2.45) is 22.7 Å². The Hall–Kier alpha value is -3.50. The summed E-state index contributed by atoms with van der Waals surface area (Å²) in [4.78, 5) is 26.1. The average Bonchev–Trinajstić information content (AvgIpc) is 2.99. The van der Waals surface area contributed by atoms with Gasteiger partial charge in [-0.05, 0) is 60.6 Å². The number of anilines is 1. The van der Waals surface area contributed by atoms with E-state index < -0.39 is 29.1 Å². The quantitative estimate of drug-likeness (QED) is 0.320. The van der Waals surface area contributed by atoms with Crippen molar-refractivity contribution in [3.8, 4) is 17.2 Å². The molecule has 2 aromatic carbocycles. The molecular weight excluding hydrogens is 540 g/mol. The number of rotatable bonds is 10. The summed E-state index contributed by atoms with van der Waals surface area (Å²) in [5.41, 5.74) is 0.231. The molecule has 6 unspecified atom stereocenters. The zero-order valence-corrected chi connectivity index (χ0v) is 25.1. The molecular formula is C32H44N2O8. The summed E-state index contributed by atoms with van der Waals surface area (Å²) in [6, 6.07) is 12.5. The Kier molecular flexibility index (Phi) is 9.89. The molecule has 0 spiro atoms. The third-order valence-electron chi connectivity index (χ3n) is 9.58. The molecule has 0 radical (unpaired) electrons. The molecule has 0 aromatic heterocycles. The second kappa shape index (κ2) is 13.2. The van der Waals surface area contributed by atoms with Gasteiger partial charge in [0, 0.05) is 36.6 Å². The van der Waals surface area contributed by atoms with Gasteiger partial charge in [0.05, 0.1) is 39.7 Å². The van der Waals surface area contributed by atoms with E-state index in [9.17, 15) is 19.8 Å². The van der Waals surface area contributed by atoms with Gasteiger partial charge in [-0.1, -0.05) is 26.0 Å². The van der Waals surface area contributed by atoms with Crippen LogP contribution in [0.4, 0.5) is 10.5 Å². The van der Waals surface area contributed by atoms with Gasteiger partial charge in [-0.15, -0.1) is 0 Å². The number of hydrogen-bond donors (Lipinski definition) is 4. The van der Waals surface area contributed by atoms with Crippen molar-refractivity contribution in [2.75, 3.05) is 33.3 Å². The SMILES string of the molecule is COc1ccc(CNC(=O)CC2C(O)CCC3C(C)(CO)C(OC(=O)Nc4cc(OC)cc(OC)c4)CCC23C)cc1. The first-order valence-electron chi connectivity index (χ1n) is 14.5. The van der Waals surface area contributed by atoms with E-state index >= 15 is 0 Å². The van der Waals surface area contributed by atoms with Gasteiger partial charge in [0.2, 0.25) is 5.91 Å². The van der Waals surface area contributed by atoms with E-state index in [1.54, 1.807) is 25.3 Å². The van der Waals surface area contributed by atoms with Crippen molar-refractivity contribution in [3.05, 3.63) is 48.0 Å². The largest absolute Gasteiger partial charge is 0.497 e. The molecule has 4 rings (SSSR count). The molecule has 2 aromatic rings. The van der Waals surface area contributed by atoms with Gasteiger partial charge in [0.1, 0.15) is 23.4 Å². The normalized spacial score (nSPS) is 28.6. The summed E-state index contributed by atoms with van der Waals surface area (Å²) < 4.78 is 21.7. The first kappa shape index (κ1) is 31.4. The number of nitrogens with one attached hydrogen (secondary N) is 2. The van der Waals surface area contributed by atoms with Crippen LogP contribution in [0.25, 0.3) is 0 Å². The second-order valence-electron chi connectivity index (χ2n) is 12.0. The maximum absolute atomic E-state index is 13.1. The van der Waals surface area contributed by atoms with Crippen LogP contribution in [0.1, 0.15) is 51.5 Å².